The molecule has 2 aliphatic rings. The van der Waals surface area contributed by atoms with Gasteiger partial charge in [0, 0.05) is 149 Å². The van der Waals surface area contributed by atoms with Crippen molar-refractivity contribution in [2.45, 2.75) is 111 Å². The molecule has 4 atom stereocenters. The molecule has 664 valence electrons. The summed E-state index contributed by atoms with van der Waals surface area (Å²) in [6.45, 7) is 18.5. The van der Waals surface area contributed by atoms with Crippen LogP contribution in [0, 0.1) is 95.8 Å². The van der Waals surface area contributed by atoms with E-state index in [0.29, 0.717) is 95.4 Å². The zero-order chi connectivity index (χ0) is 92.5. The zero-order valence-electron chi connectivity index (χ0n) is 70.8. The maximum Gasteiger partial charge on any atom is 0.341 e. The molecule has 4 unspecified atom stereocenters. The number of hydrogen-bond donors (Lipinski definition) is 5. The summed E-state index contributed by atoms with van der Waals surface area (Å²) in [5, 5.41) is 60.4. The highest BCUT2D eigenvalue weighted by molar-refractivity contribution is 7.54. The average Bonchev–Trinajstić information content (AvgIpc) is 1.38. The van der Waals surface area contributed by atoms with Gasteiger partial charge in [0.25, 0.3) is 0 Å². The Bertz CT molecular complexity index is 4540. The quantitative estimate of drug-likeness (QED) is 0.00383. The van der Waals surface area contributed by atoms with Gasteiger partial charge in [0.05, 0.1) is 80.9 Å². The standard InChI is InChI=1S/C16H24Cl2N2O2.C16H22Cl2N2O.C13H14N2O4.C12H16N2O.C12H11NO2.C9H7NO.C5H11O5P.C2H3ClO.CH3NO2/c1-12-2-3-13(11-20(6-4-17)7-5-18)8-15(12)14(10-19)9-16(21)22;1-12-2-3-13(11-20(6-4-17)7-5-18)8-15(12)14-9-16(21)19-10-14;1-9-3-4-10(7-14)5-12(9)11(8-15(17)18)6-13(16)19-2;1-8-2-3-9(6-13)4-11(8)10-5-12(15)14-7-10;1-9-3-4-10(8-13)7-11(9)5-6-12(14)15-2;1-7-2-3-8(5-10)4-9(7)6-11;1-8-5(6)4-11(7,9-2)10-3;3-1-2-4;1-2(3)4/h2-3,8,14H,4-7,9-11,19H2,1H3,(H,21,22);2-3,8,14H,4-7,9-11H2,1H3,(H,19,21);3-5,11H,6,8H2,1-2H3;2-4,10H,5-7,13H2,1H3,(H,14,15);3-7H,1-2H3;2-4,6H,1H3;4H2,1-3H3;2H,1H2;1H3/b;;;;6-5+;;;;. The minimum Gasteiger partial charge on any atom is -0.481 e. The van der Waals surface area contributed by atoms with Crippen molar-refractivity contribution in [3.05, 3.63) is 236 Å². The van der Waals surface area contributed by atoms with Crippen molar-refractivity contribution in [3.8, 4) is 18.2 Å². The second-order valence-corrected chi connectivity index (χ2v) is 31.1. The van der Waals surface area contributed by atoms with Crippen LogP contribution in [0.4, 0.5) is 0 Å². The largest absolute Gasteiger partial charge is 0.481 e. The molecule has 0 saturated carbocycles. The number of carbonyl (C=O) groups is 8. The smallest absolute Gasteiger partial charge is 0.341 e. The Balaban J connectivity index is 0.00000139. The number of rotatable bonds is 32. The predicted octanol–water partition coefficient (Wildman–Crippen LogP) is 13.2. The summed E-state index contributed by atoms with van der Waals surface area (Å²) in [6, 6.07) is 40.2. The number of aldehydes is 2. The Morgan fingerprint density at radius 3 is 1.34 bits per heavy atom. The number of carboxylic acid groups (broad SMARTS) is 1. The fourth-order valence-corrected chi connectivity index (χ4v) is 13.5. The first-order valence-corrected chi connectivity index (χ1v) is 42.3. The van der Waals surface area contributed by atoms with Gasteiger partial charge in [-0.05, 0) is 168 Å². The van der Waals surface area contributed by atoms with Gasteiger partial charge in [0.1, 0.15) is 18.7 Å². The van der Waals surface area contributed by atoms with E-state index in [1.807, 2.05) is 57.2 Å². The van der Waals surface area contributed by atoms with Crippen LogP contribution in [0.15, 0.2) is 115 Å². The number of nitro groups is 2. The minimum atomic E-state index is -3.23. The number of halogens is 5. The molecule has 6 aromatic carbocycles. The lowest BCUT2D eigenvalue weighted by molar-refractivity contribution is -0.483. The number of hydrogen-bond acceptors (Lipinski definition) is 25. The monoisotopic (exact) mass is 1810 g/mol. The molecule has 0 aromatic heterocycles. The second-order valence-electron chi connectivity index (χ2n) is 27.0. The number of methoxy groups -OCH3 is 3. The molecule has 2 amide bonds. The molecule has 122 heavy (non-hydrogen) atoms. The van der Waals surface area contributed by atoms with Crippen molar-refractivity contribution >= 4 is 120 Å². The first kappa shape index (κ1) is 112. The van der Waals surface area contributed by atoms with E-state index in [2.05, 4.69) is 100 Å². The van der Waals surface area contributed by atoms with Gasteiger partial charge in [-0.25, -0.2) is 4.79 Å². The molecule has 8 rings (SSSR count). The van der Waals surface area contributed by atoms with E-state index in [1.54, 1.807) is 61.5 Å². The van der Waals surface area contributed by atoms with E-state index >= 15 is 0 Å². The molecule has 2 saturated heterocycles. The lowest BCUT2D eigenvalue weighted by Crippen LogP contribution is -2.27. The van der Waals surface area contributed by atoms with Crippen LogP contribution in [-0.4, -0.2) is 204 Å². The molecule has 2 heterocycles. The molecule has 0 aliphatic carbocycles. The predicted molar refractivity (Wildman–Crippen MR) is 473 cm³/mol. The van der Waals surface area contributed by atoms with Gasteiger partial charge in [-0.1, -0.05) is 72.8 Å². The van der Waals surface area contributed by atoms with Gasteiger partial charge in [-0.15, -0.1) is 58.0 Å². The van der Waals surface area contributed by atoms with Gasteiger partial charge in [-0.3, -0.25) is 63.4 Å². The number of alkyl halides is 5. The number of benzene rings is 6. The number of ether oxygens (including phenoxy) is 3. The molecule has 30 nitrogen and oxygen atoms in total. The summed E-state index contributed by atoms with van der Waals surface area (Å²) in [7, 11) is 3.86. The van der Waals surface area contributed by atoms with E-state index in [-0.39, 0.29) is 49.2 Å². The molecular weight excluding hydrogens is 1700 g/mol. The van der Waals surface area contributed by atoms with Crippen LogP contribution < -0.4 is 22.1 Å². The summed E-state index contributed by atoms with van der Waals surface area (Å²) < 4.78 is 33.5. The van der Waals surface area contributed by atoms with Crippen LogP contribution in [0.2, 0.25) is 0 Å². The third-order valence-electron chi connectivity index (χ3n) is 18.2. The minimum absolute atomic E-state index is 0.0495. The Morgan fingerprint density at radius 2 is 0.975 bits per heavy atom. The lowest BCUT2D eigenvalue weighted by atomic mass is 9.90. The van der Waals surface area contributed by atoms with E-state index in [0.717, 1.165) is 110 Å². The van der Waals surface area contributed by atoms with E-state index in [9.17, 15) is 48.2 Å². The van der Waals surface area contributed by atoms with E-state index in [4.69, 9.17) is 105 Å². The van der Waals surface area contributed by atoms with Gasteiger partial charge >= 0.3 is 31.5 Å². The summed E-state index contributed by atoms with van der Waals surface area (Å²) in [5.41, 5.74) is 28.3. The Morgan fingerprint density at radius 1 is 0.582 bits per heavy atom. The lowest BCUT2D eigenvalue weighted by Gasteiger charge is -2.22. The maximum atomic E-state index is 11.4. The number of nitrogens with one attached hydrogen (secondary N) is 2. The second kappa shape index (κ2) is 63.8. The molecule has 2 aliphatic heterocycles. The summed E-state index contributed by atoms with van der Waals surface area (Å²) in [5.74, 6) is 0.258. The van der Waals surface area contributed by atoms with Crippen molar-refractivity contribution in [2.24, 2.45) is 11.5 Å². The highest BCUT2D eigenvalue weighted by Crippen LogP contribution is 2.46. The van der Waals surface area contributed by atoms with Crippen molar-refractivity contribution in [1.82, 2.24) is 20.4 Å². The first-order valence-electron chi connectivity index (χ1n) is 37.9. The number of carboxylic acids is 1. The van der Waals surface area contributed by atoms with Crippen LogP contribution in [0.5, 0.6) is 0 Å². The third-order valence-corrected chi connectivity index (χ3v) is 20.8. The van der Waals surface area contributed by atoms with Crippen LogP contribution in [-0.2, 0) is 81.0 Å². The fraction of sp³-hybridized carbons (Fsp3) is 0.430. The van der Waals surface area contributed by atoms with Crippen LogP contribution in [0.25, 0.3) is 6.08 Å². The molecule has 2 fully saturated rings. The number of carbonyl (C=O) groups excluding carboxylic acids is 7. The normalized spacial score (nSPS) is 13.1. The molecular formula is C86H111Cl5N11O19P. The summed E-state index contributed by atoms with van der Waals surface area (Å²) >= 11 is 28.1. The van der Waals surface area contributed by atoms with Gasteiger partial charge in [0.2, 0.25) is 18.4 Å². The highest BCUT2D eigenvalue weighted by Gasteiger charge is 2.29. The number of nitrogens with two attached hydrogens (primary N) is 2. The van der Waals surface area contributed by atoms with Gasteiger partial charge in [0.15, 0.2) is 7.05 Å². The zero-order valence-corrected chi connectivity index (χ0v) is 75.5. The average molecular weight is 1810 g/mol. The maximum absolute atomic E-state index is 11.4. The topological polar surface area (TPSA) is 460 Å². The molecule has 36 heteroatoms. The summed E-state index contributed by atoms with van der Waals surface area (Å²) in [4.78, 5) is 109. The SMILES string of the molecule is COC(=O)/C=C/c1cc(C#N)ccc1C.COC(=O)CC(C[N+](=O)[O-])c1cc(C#N)ccc1C.COC(=O)CP(=O)(OC)OC.C[N+](=O)[O-].Cc1ccc(C#N)cc1C=O.Cc1ccc(CN(CCCl)CCCl)cc1C(CN)CC(=O)O.Cc1ccc(CN(CCCl)CCCl)cc1C1CNC(=O)C1.Cc1ccc(CN)cc1C1CNC(=O)C1.O=CCCl. The van der Waals surface area contributed by atoms with Gasteiger partial charge < -0.3 is 55.3 Å². The number of aliphatic carboxylic acids is 1. The highest BCUT2D eigenvalue weighted by atomic mass is 35.5. The Labute approximate surface area is 739 Å². The third kappa shape index (κ3) is 45.7. The first-order chi connectivity index (χ1) is 58.0. The number of nitriles is 3. The number of aryl methyl sites for hydroxylation is 6. The number of amides is 2. The molecule has 0 bridgehead atoms. The molecule has 0 radical (unpaired) electrons. The van der Waals surface area contributed by atoms with Crippen molar-refractivity contribution < 1.29 is 81.1 Å². The van der Waals surface area contributed by atoms with Crippen LogP contribution >= 0.6 is 65.6 Å². The van der Waals surface area contributed by atoms with Crippen LogP contribution in [0.3, 0.4) is 0 Å². The van der Waals surface area contributed by atoms with Crippen molar-refractivity contribution in [1.29, 1.82) is 15.8 Å². The fourth-order valence-electron chi connectivity index (χ4n) is 11.7. The van der Waals surface area contributed by atoms with Gasteiger partial charge in [-0.2, -0.15) is 15.8 Å². The molecule has 7 N–H and O–H groups in total. The molecule has 0 spiro atoms. The number of nitrogens with zero attached hydrogens (tertiary/aromatic N) is 7. The van der Waals surface area contributed by atoms with Crippen molar-refractivity contribution in [2.75, 3.05) is 131 Å². The van der Waals surface area contributed by atoms with E-state index < -0.39 is 47.2 Å². The summed E-state index contributed by atoms with van der Waals surface area (Å²) in [6.07, 6.45) is 5.20. The number of esters is 3. The molecule has 6 aromatic rings. The Kier molecular flexibility index (Phi) is 58.6. The van der Waals surface area contributed by atoms with Crippen LogP contribution in [0.1, 0.15) is 154 Å². The van der Waals surface area contributed by atoms with E-state index in [1.165, 1.54) is 69.4 Å². The van der Waals surface area contributed by atoms with Crippen molar-refractivity contribution in [3.63, 3.8) is 0 Å². The Hall–Kier alpha value is -10.1.